The lowest BCUT2D eigenvalue weighted by Gasteiger charge is -2.47. The molecule has 0 spiro atoms. The lowest BCUT2D eigenvalue weighted by Crippen LogP contribution is -2.57. The van der Waals surface area contributed by atoms with Crippen molar-refractivity contribution in [2.45, 2.75) is 44.3 Å². The van der Waals surface area contributed by atoms with Gasteiger partial charge in [0.1, 0.15) is 6.10 Å². The topological polar surface area (TPSA) is 49.8 Å². The number of fused-ring (bicyclic) bond motifs is 1. The molecule has 1 aromatic carbocycles. The number of benzene rings is 1. The fourth-order valence-corrected chi connectivity index (χ4v) is 3.18. The number of amides is 1. The predicted molar refractivity (Wildman–Crippen MR) is 71.4 cm³/mol. The van der Waals surface area contributed by atoms with Crippen LogP contribution in [0.5, 0.6) is 0 Å². The average Bonchev–Trinajstić information content (AvgIpc) is 2.38. The quantitative estimate of drug-likeness (QED) is 0.843. The Labute approximate surface area is 112 Å². The Balaban J connectivity index is 1.87. The van der Waals surface area contributed by atoms with E-state index in [0.717, 1.165) is 24.9 Å². The van der Waals surface area contributed by atoms with Crippen LogP contribution in [0.1, 0.15) is 32.6 Å². The molecule has 1 aliphatic carbocycles. The zero-order valence-electron chi connectivity index (χ0n) is 11.1. The summed E-state index contributed by atoms with van der Waals surface area (Å²) < 4.78 is 0. The number of hydroxylamine groups is 1. The van der Waals surface area contributed by atoms with Crippen molar-refractivity contribution in [1.82, 2.24) is 0 Å². The van der Waals surface area contributed by atoms with E-state index in [0.29, 0.717) is 6.42 Å². The Morgan fingerprint density at radius 2 is 2.11 bits per heavy atom. The maximum Gasteiger partial charge on any atom is 0.251 e. The van der Waals surface area contributed by atoms with Crippen molar-refractivity contribution < 1.29 is 14.7 Å². The van der Waals surface area contributed by atoms with E-state index < -0.39 is 5.60 Å². The van der Waals surface area contributed by atoms with Gasteiger partial charge in [-0.2, -0.15) is 5.06 Å². The number of nitrogens with zero attached hydrogens (tertiary/aromatic N) is 1. The molecule has 0 aromatic heterocycles. The first-order chi connectivity index (χ1) is 9.08. The number of carbonyl (C=O) groups is 1. The molecule has 0 radical (unpaired) electrons. The van der Waals surface area contributed by atoms with Crippen LogP contribution >= 0.6 is 0 Å². The van der Waals surface area contributed by atoms with Crippen LogP contribution in [-0.2, 0) is 9.63 Å². The molecule has 1 saturated heterocycles. The van der Waals surface area contributed by atoms with Crippen molar-refractivity contribution in [2.75, 3.05) is 5.06 Å². The molecule has 102 valence electrons. The highest BCUT2D eigenvalue weighted by molar-refractivity contribution is 5.92. The summed E-state index contributed by atoms with van der Waals surface area (Å²) in [5.74, 6) is 0.112. The molecular formula is C15H19NO3. The zero-order valence-corrected chi connectivity index (χ0v) is 11.1. The highest BCUT2D eigenvalue weighted by atomic mass is 16.7. The number of aliphatic hydroxyl groups is 1. The van der Waals surface area contributed by atoms with Crippen molar-refractivity contribution in [1.29, 1.82) is 0 Å². The lowest BCUT2D eigenvalue weighted by atomic mass is 9.74. The Morgan fingerprint density at radius 3 is 2.84 bits per heavy atom. The largest absolute Gasteiger partial charge is 0.387 e. The highest BCUT2D eigenvalue weighted by Gasteiger charge is 2.48. The fourth-order valence-electron chi connectivity index (χ4n) is 3.18. The molecule has 1 heterocycles. The minimum atomic E-state index is -0.851. The smallest absolute Gasteiger partial charge is 0.251 e. The van der Waals surface area contributed by atoms with Gasteiger partial charge < -0.3 is 5.11 Å². The van der Waals surface area contributed by atoms with Gasteiger partial charge in [0.2, 0.25) is 0 Å². The van der Waals surface area contributed by atoms with Gasteiger partial charge in [0.15, 0.2) is 0 Å². The molecule has 1 N–H and O–H groups in total. The highest BCUT2D eigenvalue weighted by Crippen LogP contribution is 2.40. The third-order valence-electron chi connectivity index (χ3n) is 4.17. The lowest BCUT2D eigenvalue weighted by molar-refractivity contribution is -0.181. The Kier molecular flexibility index (Phi) is 3.07. The second kappa shape index (κ2) is 4.62. The zero-order chi connectivity index (χ0) is 13.5. The number of hydrogen-bond donors (Lipinski definition) is 1. The number of hydrogen-bond acceptors (Lipinski definition) is 3. The van der Waals surface area contributed by atoms with Crippen LogP contribution in [0.25, 0.3) is 0 Å². The molecule has 1 aromatic rings. The van der Waals surface area contributed by atoms with E-state index in [9.17, 15) is 9.90 Å². The number of carbonyl (C=O) groups excluding carboxylic acids is 1. The van der Waals surface area contributed by atoms with Crippen LogP contribution in [-0.4, -0.2) is 22.7 Å². The van der Waals surface area contributed by atoms with Gasteiger partial charge >= 0.3 is 0 Å². The van der Waals surface area contributed by atoms with Crippen molar-refractivity contribution in [3.8, 4) is 0 Å². The normalized spacial score (nSPS) is 35.1. The van der Waals surface area contributed by atoms with Crippen LogP contribution in [0.4, 0.5) is 5.69 Å². The third-order valence-corrected chi connectivity index (χ3v) is 4.17. The summed E-state index contributed by atoms with van der Waals surface area (Å²) in [5.41, 5.74) is -0.122. The second-order valence-corrected chi connectivity index (χ2v) is 5.76. The van der Waals surface area contributed by atoms with E-state index in [4.69, 9.17) is 4.84 Å². The molecule has 3 atom stereocenters. The van der Waals surface area contributed by atoms with Gasteiger partial charge in [0, 0.05) is 6.42 Å². The number of rotatable bonds is 1. The maximum absolute atomic E-state index is 12.2. The molecule has 19 heavy (non-hydrogen) atoms. The molecule has 2 aliphatic rings. The van der Waals surface area contributed by atoms with E-state index in [1.54, 1.807) is 0 Å². The standard InChI is InChI=1S/C15H19NO3/c1-15(18)9-5-6-11-10-13(17)16(19-14(11)15)12-7-3-2-4-8-12/h2-4,7-8,11,14,18H,5-6,9-10H2,1H3/t11-,14+,15+/m0/s1. The minimum Gasteiger partial charge on any atom is -0.387 e. The monoisotopic (exact) mass is 261 g/mol. The summed E-state index contributed by atoms with van der Waals surface area (Å²) in [5, 5.41) is 11.8. The van der Waals surface area contributed by atoms with Gasteiger partial charge in [-0.05, 0) is 37.8 Å². The molecule has 4 nitrogen and oxygen atoms in total. The second-order valence-electron chi connectivity index (χ2n) is 5.76. The fraction of sp³-hybridized carbons (Fsp3) is 0.533. The molecule has 3 rings (SSSR count). The number of anilines is 1. The number of para-hydroxylation sites is 1. The van der Waals surface area contributed by atoms with Gasteiger partial charge in [-0.15, -0.1) is 0 Å². The molecule has 0 bridgehead atoms. The summed E-state index contributed by atoms with van der Waals surface area (Å²) in [6.45, 7) is 1.81. The molecule has 1 aliphatic heterocycles. The summed E-state index contributed by atoms with van der Waals surface area (Å²) in [4.78, 5) is 18.0. The van der Waals surface area contributed by atoms with Gasteiger partial charge in [-0.25, -0.2) is 0 Å². The molecule has 4 heteroatoms. The van der Waals surface area contributed by atoms with E-state index in [1.807, 2.05) is 37.3 Å². The molecule has 2 fully saturated rings. The molecule has 1 amide bonds. The van der Waals surface area contributed by atoms with Gasteiger partial charge in [0.25, 0.3) is 5.91 Å². The van der Waals surface area contributed by atoms with Crippen molar-refractivity contribution >= 4 is 11.6 Å². The first kappa shape index (κ1) is 12.6. The summed E-state index contributed by atoms with van der Waals surface area (Å²) in [6, 6.07) is 9.33. The minimum absolute atomic E-state index is 0.0230. The van der Waals surface area contributed by atoms with Crippen molar-refractivity contribution in [3.63, 3.8) is 0 Å². The van der Waals surface area contributed by atoms with Gasteiger partial charge in [-0.1, -0.05) is 24.6 Å². The molecule has 0 unspecified atom stereocenters. The summed E-state index contributed by atoms with van der Waals surface area (Å²) >= 11 is 0. The van der Waals surface area contributed by atoms with Crippen LogP contribution in [0, 0.1) is 5.92 Å². The summed E-state index contributed by atoms with van der Waals surface area (Å²) in [7, 11) is 0. The first-order valence-corrected chi connectivity index (χ1v) is 6.85. The first-order valence-electron chi connectivity index (χ1n) is 6.85. The van der Waals surface area contributed by atoms with Crippen molar-refractivity contribution in [2.24, 2.45) is 5.92 Å². The third kappa shape index (κ3) is 2.26. The van der Waals surface area contributed by atoms with Crippen LogP contribution in [0.2, 0.25) is 0 Å². The van der Waals surface area contributed by atoms with E-state index in [-0.39, 0.29) is 17.9 Å². The maximum atomic E-state index is 12.2. The summed E-state index contributed by atoms with van der Waals surface area (Å²) in [6.07, 6.45) is 2.80. The van der Waals surface area contributed by atoms with E-state index >= 15 is 0 Å². The van der Waals surface area contributed by atoms with Gasteiger partial charge in [-0.3, -0.25) is 9.63 Å². The Morgan fingerprint density at radius 1 is 1.37 bits per heavy atom. The molecular weight excluding hydrogens is 242 g/mol. The Hall–Kier alpha value is -1.39. The average molecular weight is 261 g/mol. The van der Waals surface area contributed by atoms with E-state index in [1.165, 1.54) is 5.06 Å². The van der Waals surface area contributed by atoms with E-state index in [2.05, 4.69) is 0 Å². The van der Waals surface area contributed by atoms with Gasteiger partial charge in [0.05, 0.1) is 11.3 Å². The SMILES string of the molecule is C[C@@]1(O)CCC[C@H]2CC(=O)N(c3ccccc3)O[C@H]21. The molecule has 1 saturated carbocycles. The van der Waals surface area contributed by atoms with Crippen LogP contribution in [0.3, 0.4) is 0 Å². The predicted octanol–water partition coefficient (Wildman–Crippen LogP) is 2.27. The van der Waals surface area contributed by atoms with Crippen LogP contribution in [0.15, 0.2) is 30.3 Å². The van der Waals surface area contributed by atoms with Crippen LogP contribution < -0.4 is 5.06 Å². The van der Waals surface area contributed by atoms with Crippen molar-refractivity contribution in [3.05, 3.63) is 30.3 Å². The Bertz CT molecular complexity index is 472.